The maximum absolute atomic E-state index is 14.8. The van der Waals surface area contributed by atoms with Crippen LogP contribution in [0.2, 0.25) is 5.02 Å². The molecule has 13 heteroatoms. The highest BCUT2D eigenvalue weighted by Crippen LogP contribution is 2.37. The lowest BCUT2D eigenvalue weighted by Crippen LogP contribution is -2.60. The lowest BCUT2D eigenvalue weighted by molar-refractivity contribution is -0.145. The van der Waals surface area contributed by atoms with E-state index in [0.29, 0.717) is 0 Å². The number of aromatic nitrogens is 2. The smallest absolute Gasteiger partial charge is 0.353 e. The van der Waals surface area contributed by atoms with E-state index < -0.39 is 46.8 Å². The Morgan fingerprint density at radius 3 is 2.48 bits per heavy atom. The minimum Gasteiger partial charge on any atom is -0.353 e. The van der Waals surface area contributed by atoms with Crippen molar-refractivity contribution in [3.05, 3.63) is 58.1 Å². The molecule has 2 aromatic rings. The number of alkyl halides is 3. The number of carbonyl (C=O) groups excluding carboxylic acids is 2. The highest BCUT2D eigenvalue weighted by molar-refractivity contribution is 6.31. The third kappa shape index (κ3) is 4.70. The topological polar surface area (TPSA) is 87.2 Å². The van der Waals surface area contributed by atoms with E-state index in [0.717, 1.165) is 37.4 Å². The van der Waals surface area contributed by atoms with Gasteiger partial charge in [-0.1, -0.05) is 17.7 Å². The molecule has 2 N–H and O–H groups in total. The maximum Gasteiger partial charge on any atom is 0.451 e. The number of nitrogens with one attached hydrogen (secondary N) is 2. The first kappa shape index (κ1) is 23.1. The zero-order chi connectivity index (χ0) is 23.9. The van der Waals surface area contributed by atoms with Crippen molar-refractivity contribution >= 4 is 23.5 Å². The first-order chi connectivity index (χ1) is 15.6. The monoisotopic (exact) mass is 489 g/mol. The van der Waals surface area contributed by atoms with Crippen molar-refractivity contribution in [2.45, 2.75) is 31.1 Å². The quantitative estimate of drug-likeness (QED) is 0.509. The van der Waals surface area contributed by atoms with E-state index in [4.69, 9.17) is 11.6 Å². The van der Waals surface area contributed by atoms with E-state index in [1.54, 1.807) is 0 Å². The molecule has 2 aliphatic rings. The van der Waals surface area contributed by atoms with Crippen molar-refractivity contribution < 1.29 is 31.5 Å². The summed E-state index contributed by atoms with van der Waals surface area (Å²) in [7, 11) is 0. The molecular formula is C20H17ClF5N5O2. The van der Waals surface area contributed by atoms with Gasteiger partial charge in [0.25, 0.3) is 0 Å². The van der Waals surface area contributed by atoms with Crippen LogP contribution in [-0.4, -0.2) is 45.9 Å². The van der Waals surface area contributed by atoms with Crippen LogP contribution in [0.15, 0.2) is 24.5 Å². The second-order valence-electron chi connectivity index (χ2n) is 7.75. The van der Waals surface area contributed by atoms with Gasteiger partial charge in [-0.05, 0) is 24.8 Å². The van der Waals surface area contributed by atoms with Gasteiger partial charge >= 0.3 is 12.2 Å². The Morgan fingerprint density at radius 2 is 1.88 bits per heavy atom. The molecular weight excluding hydrogens is 473 g/mol. The number of hydrogen-bond donors (Lipinski definition) is 2. The predicted octanol–water partition coefficient (Wildman–Crippen LogP) is 3.44. The van der Waals surface area contributed by atoms with Gasteiger partial charge in [-0.2, -0.15) is 13.2 Å². The molecule has 2 atom stereocenters. The Hall–Kier alpha value is -3.02. The lowest BCUT2D eigenvalue weighted by atomic mass is 10.00. The number of piperazine rings is 1. The zero-order valence-electron chi connectivity index (χ0n) is 16.8. The number of benzene rings is 1. The maximum atomic E-state index is 14.8. The van der Waals surface area contributed by atoms with E-state index in [1.807, 2.05) is 0 Å². The van der Waals surface area contributed by atoms with E-state index >= 15 is 0 Å². The van der Waals surface area contributed by atoms with Crippen LogP contribution in [0, 0.1) is 17.6 Å². The average Bonchev–Trinajstić information content (AvgIpc) is 3.61. The largest absolute Gasteiger partial charge is 0.451 e. The molecule has 1 aromatic carbocycles. The van der Waals surface area contributed by atoms with Crippen molar-refractivity contribution in [3.63, 3.8) is 0 Å². The minimum absolute atomic E-state index is 0.0131. The van der Waals surface area contributed by atoms with Gasteiger partial charge < -0.3 is 15.5 Å². The summed E-state index contributed by atoms with van der Waals surface area (Å²) in [4.78, 5) is 33.2. The van der Waals surface area contributed by atoms with Gasteiger partial charge in [-0.3, -0.25) is 4.79 Å². The van der Waals surface area contributed by atoms with Gasteiger partial charge in [-0.25, -0.2) is 23.5 Å². The van der Waals surface area contributed by atoms with Crippen LogP contribution in [0.1, 0.15) is 35.8 Å². The predicted molar refractivity (Wildman–Crippen MR) is 105 cm³/mol. The number of hydrogen-bond acceptors (Lipinski definition) is 4. The van der Waals surface area contributed by atoms with Crippen molar-refractivity contribution in [2.24, 2.45) is 5.92 Å². The first-order valence-corrected chi connectivity index (χ1v) is 10.3. The van der Waals surface area contributed by atoms with Crippen molar-refractivity contribution in [1.29, 1.82) is 0 Å². The van der Waals surface area contributed by atoms with Crippen molar-refractivity contribution in [1.82, 2.24) is 25.5 Å². The number of carbonyl (C=O) groups is 2. The number of nitrogens with zero attached hydrogens (tertiary/aromatic N) is 3. The highest BCUT2D eigenvalue weighted by atomic mass is 35.5. The fraction of sp³-hybridized carbons (Fsp3) is 0.400. The molecule has 1 aromatic heterocycles. The van der Waals surface area contributed by atoms with Gasteiger partial charge in [0.15, 0.2) is 0 Å². The van der Waals surface area contributed by atoms with Crippen LogP contribution in [0.4, 0.5) is 26.7 Å². The summed E-state index contributed by atoms with van der Waals surface area (Å²) >= 11 is 5.67. The molecule has 33 heavy (non-hydrogen) atoms. The molecule has 0 unspecified atom stereocenters. The van der Waals surface area contributed by atoms with E-state index in [-0.39, 0.29) is 36.0 Å². The van der Waals surface area contributed by atoms with Crippen LogP contribution in [0.25, 0.3) is 0 Å². The van der Waals surface area contributed by atoms with Crippen LogP contribution >= 0.6 is 11.6 Å². The Balaban J connectivity index is 1.69. The van der Waals surface area contributed by atoms with Gasteiger partial charge in [0.2, 0.25) is 11.7 Å². The summed E-state index contributed by atoms with van der Waals surface area (Å²) in [5.41, 5.74) is -0.398. The summed E-state index contributed by atoms with van der Waals surface area (Å²) < 4.78 is 67.1. The zero-order valence-corrected chi connectivity index (χ0v) is 17.6. The number of urea groups is 1. The van der Waals surface area contributed by atoms with Crippen molar-refractivity contribution in [2.75, 3.05) is 13.1 Å². The van der Waals surface area contributed by atoms with Crippen LogP contribution in [-0.2, 0) is 11.0 Å². The Labute approximate surface area is 189 Å². The first-order valence-electron chi connectivity index (χ1n) is 9.95. The molecule has 2 heterocycles. The second-order valence-corrected chi connectivity index (χ2v) is 8.13. The van der Waals surface area contributed by atoms with Gasteiger partial charge in [-0.15, -0.1) is 0 Å². The van der Waals surface area contributed by atoms with E-state index in [2.05, 4.69) is 20.6 Å². The van der Waals surface area contributed by atoms with Gasteiger partial charge in [0.1, 0.15) is 22.7 Å². The molecule has 1 saturated carbocycles. The summed E-state index contributed by atoms with van der Waals surface area (Å²) in [6.07, 6.45) is -1.70. The minimum atomic E-state index is -4.81. The van der Waals surface area contributed by atoms with Gasteiger partial charge in [0, 0.05) is 36.6 Å². The van der Waals surface area contributed by atoms with Crippen LogP contribution in [0.3, 0.4) is 0 Å². The highest BCUT2D eigenvalue weighted by Gasteiger charge is 2.44. The third-order valence-electron chi connectivity index (χ3n) is 5.49. The molecule has 7 nitrogen and oxygen atoms in total. The van der Waals surface area contributed by atoms with E-state index in [9.17, 15) is 31.5 Å². The fourth-order valence-corrected chi connectivity index (χ4v) is 3.91. The molecule has 2 fully saturated rings. The van der Waals surface area contributed by atoms with Crippen LogP contribution in [0.5, 0.6) is 0 Å². The molecule has 0 bridgehead atoms. The standard InChI is InChI=1S/C20H17ClF5N5O2/c21-13-12(22)4-3-11(14(13)23)15(10-7-28-18(29-8-10)20(24,25)26)30-19(33)31-6-5-27-17(32)16(31)9-1-2-9/h3-4,7-9,15-16H,1-2,5-6H2,(H,27,32)(H,30,33)/t15-,16-/m0/s1. The van der Waals surface area contributed by atoms with Crippen LogP contribution < -0.4 is 10.6 Å². The molecule has 0 spiro atoms. The summed E-state index contributed by atoms with van der Waals surface area (Å²) in [5.74, 6) is -3.99. The molecule has 1 aliphatic heterocycles. The molecule has 3 amide bonds. The number of rotatable bonds is 4. The van der Waals surface area contributed by atoms with E-state index in [1.165, 1.54) is 4.90 Å². The molecule has 176 valence electrons. The number of amides is 3. The third-order valence-corrected chi connectivity index (χ3v) is 5.83. The Kier molecular flexibility index (Phi) is 6.12. The Bertz CT molecular complexity index is 1080. The summed E-state index contributed by atoms with van der Waals surface area (Å²) in [6, 6.07) is -0.980. The van der Waals surface area contributed by atoms with Crippen molar-refractivity contribution in [3.8, 4) is 0 Å². The molecule has 1 saturated heterocycles. The average molecular weight is 490 g/mol. The SMILES string of the molecule is O=C1NCCN(C(=O)N[C@@H](c2cnc(C(F)(F)F)nc2)c2ccc(F)c(Cl)c2F)[C@H]1C1CC1. The fourth-order valence-electron chi connectivity index (χ4n) is 3.74. The molecule has 1 aliphatic carbocycles. The molecule has 4 rings (SSSR count). The Morgan fingerprint density at radius 1 is 1.21 bits per heavy atom. The van der Waals surface area contributed by atoms with Gasteiger partial charge in [0.05, 0.1) is 6.04 Å². The summed E-state index contributed by atoms with van der Waals surface area (Å²) in [6.45, 7) is 0.391. The summed E-state index contributed by atoms with van der Waals surface area (Å²) in [5, 5.41) is 4.37. The lowest BCUT2D eigenvalue weighted by Gasteiger charge is -2.36. The second kappa shape index (κ2) is 8.73. The normalized spacial score (nSPS) is 19.8. The molecule has 0 radical (unpaired) electrons. The number of halogens is 6.